The number of hydrogen-bond acceptors (Lipinski definition) is 3. The second-order valence-electron chi connectivity index (χ2n) is 6.70. The van der Waals surface area contributed by atoms with Crippen LogP contribution in [0.25, 0.3) is 0 Å². The van der Waals surface area contributed by atoms with Crippen LogP contribution < -0.4 is 10.6 Å². The average molecular weight is 329 g/mol. The summed E-state index contributed by atoms with van der Waals surface area (Å²) in [6, 6.07) is 9.06. The van der Waals surface area contributed by atoms with Crippen molar-refractivity contribution in [3.8, 4) is 0 Å². The van der Waals surface area contributed by atoms with E-state index in [9.17, 15) is 14.4 Å². The Hall–Kier alpha value is -2.37. The number of imide groups is 1. The van der Waals surface area contributed by atoms with Gasteiger partial charge in [0.2, 0.25) is 5.91 Å². The minimum Gasteiger partial charge on any atom is -0.350 e. The molecule has 6 heteroatoms. The SMILES string of the molecule is C[C@@H]1CCCC[C@]12NC(=O)N(CC(=O)NCc1ccccc1)C2=O. The summed E-state index contributed by atoms with van der Waals surface area (Å²) in [7, 11) is 0. The number of amides is 4. The smallest absolute Gasteiger partial charge is 0.325 e. The van der Waals surface area contributed by atoms with Crippen molar-refractivity contribution in [3.05, 3.63) is 35.9 Å². The van der Waals surface area contributed by atoms with Gasteiger partial charge in [0, 0.05) is 6.54 Å². The van der Waals surface area contributed by atoms with Crippen molar-refractivity contribution in [2.24, 2.45) is 5.92 Å². The van der Waals surface area contributed by atoms with E-state index in [4.69, 9.17) is 0 Å². The Morgan fingerprint density at radius 2 is 2.04 bits per heavy atom. The molecule has 0 aromatic heterocycles. The van der Waals surface area contributed by atoms with Crippen molar-refractivity contribution in [3.63, 3.8) is 0 Å². The minimum atomic E-state index is -0.810. The van der Waals surface area contributed by atoms with Gasteiger partial charge in [-0.15, -0.1) is 0 Å². The van der Waals surface area contributed by atoms with E-state index in [1.807, 2.05) is 37.3 Å². The molecule has 1 aliphatic heterocycles. The molecule has 1 saturated carbocycles. The maximum absolute atomic E-state index is 12.8. The molecule has 1 aromatic rings. The second kappa shape index (κ2) is 6.63. The summed E-state index contributed by atoms with van der Waals surface area (Å²) in [5, 5.41) is 5.61. The Labute approximate surface area is 141 Å². The summed E-state index contributed by atoms with van der Waals surface area (Å²) in [6.45, 7) is 2.15. The van der Waals surface area contributed by atoms with E-state index in [-0.39, 0.29) is 24.3 Å². The third-order valence-electron chi connectivity index (χ3n) is 5.14. The van der Waals surface area contributed by atoms with Gasteiger partial charge in [0.25, 0.3) is 5.91 Å². The molecule has 24 heavy (non-hydrogen) atoms. The lowest BCUT2D eigenvalue weighted by Crippen LogP contribution is -2.54. The predicted molar refractivity (Wildman–Crippen MR) is 88.9 cm³/mol. The van der Waals surface area contributed by atoms with E-state index in [2.05, 4.69) is 10.6 Å². The molecule has 0 radical (unpaired) electrons. The van der Waals surface area contributed by atoms with Gasteiger partial charge in [0.1, 0.15) is 12.1 Å². The summed E-state index contributed by atoms with van der Waals surface area (Å²) in [6.07, 6.45) is 3.56. The molecule has 0 unspecified atom stereocenters. The van der Waals surface area contributed by atoms with Gasteiger partial charge in [-0.25, -0.2) is 4.79 Å². The fraction of sp³-hybridized carbons (Fsp3) is 0.500. The van der Waals surface area contributed by atoms with E-state index >= 15 is 0 Å². The fourth-order valence-electron chi connectivity index (χ4n) is 3.64. The van der Waals surface area contributed by atoms with Crippen LogP contribution in [0.3, 0.4) is 0 Å². The summed E-state index contributed by atoms with van der Waals surface area (Å²) in [4.78, 5) is 38.2. The van der Waals surface area contributed by atoms with Crippen molar-refractivity contribution < 1.29 is 14.4 Å². The normalized spacial score (nSPS) is 26.5. The molecule has 1 aromatic carbocycles. The summed E-state index contributed by atoms with van der Waals surface area (Å²) in [5.74, 6) is -0.488. The van der Waals surface area contributed by atoms with Gasteiger partial charge in [-0.05, 0) is 24.3 Å². The van der Waals surface area contributed by atoms with Crippen molar-refractivity contribution in [2.75, 3.05) is 6.54 Å². The number of rotatable bonds is 4. The third kappa shape index (κ3) is 3.00. The highest BCUT2D eigenvalue weighted by atomic mass is 16.2. The molecule has 0 bridgehead atoms. The molecule has 6 nitrogen and oxygen atoms in total. The lowest BCUT2D eigenvalue weighted by molar-refractivity contribution is -0.137. The molecule has 2 N–H and O–H groups in total. The lowest BCUT2D eigenvalue weighted by Gasteiger charge is -2.36. The monoisotopic (exact) mass is 329 g/mol. The van der Waals surface area contributed by atoms with Gasteiger partial charge in [-0.3, -0.25) is 14.5 Å². The Kier molecular flexibility index (Phi) is 4.55. The topological polar surface area (TPSA) is 78.5 Å². The third-order valence-corrected chi connectivity index (χ3v) is 5.14. The van der Waals surface area contributed by atoms with Gasteiger partial charge in [-0.1, -0.05) is 50.1 Å². The van der Waals surface area contributed by atoms with Crippen LogP contribution in [0, 0.1) is 5.92 Å². The van der Waals surface area contributed by atoms with E-state index in [1.165, 1.54) is 0 Å². The summed E-state index contributed by atoms with van der Waals surface area (Å²) >= 11 is 0. The highest BCUT2D eigenvalue weighted by Crippen LogP contribution is 2.38. The number of nitrogens with one attached hydrogen (secondary N) is 2. The number of benzene rings is 1. The van der Waals surface area contributed by atoms with Crippen LogP contribution in [0.15, 0.2) is 30.3 Å². The van der Waals surface area contributed by atoms with Gasteiger partial charge < -0.3 is 10.6 Å². The van der Waals surface area contributed by atoms with E-state index in [1.54, 1.807) is 0 Å². The maximum Gasteiger partial charge on any atom is 0.325 e. The first kappa shape index (κ1) is 16.5. The van der Waals surface area contributed by atoms with Crippen LogP contribution in [-0.4, -0.2) is 34.8 Å². The number of urea groups is 1. The van der Waals surface area contributed by atoms with Crippen LogP contribution in [0.5, 0.6) is 0 Å². The number of carbonyl (C=O) groups is 3. The molecule has 4 amide bonds. The molecular weight excluding hydrogens is 306 g/mol. The largest absolute Gasteiger partial charge is 0.350 e. The number of carbonyl (C=O) groups excluding carboxylic acids is 3. The quantitative estimate of drug-likeness (QED) is 0.827. The average Bonchev–Trinajstić information content (AvgIpc) is 2.82. The first-order chi connectivity index (χ1) is 11.5. The molecule has 128 valence electrons. The van der Waals surface area contributed by atoms with Crippen molar-refractivity contribution in [1.29, 1.82) is 0 Å². The second-order valence-corrected chi connectivity index (χ2v) is 6.70. The number of nitrogens with zero attached hydrogens (tertiary/aromatic N) is 1. The van der Waals surface area contributed by atoms with Crippen LogP contribution in [0.1, 0.15) is 38.2 Å². The molecule has 2 aliphatic rings. The maximum atomic E-state index is 12.8. The van der Waals surface area contributed by atoms with Gasteiger partial charge >= 0.3 is 6.03 Å². The van der Waals surface area contributed by atoms with Gasteiger partial charge in [-0.2, -0.15) is 0 Å². The summed E-state index contributed by atoms with van der Waals surface area (Å²) < 4.78 is 0. The van der Waals surface area contributed by atoms with Gasteiger partial charge in [0.05, 0.1) is 0 Å². The molecule has 2 fully saturated rings. The standard InChI is InChI=1S/C18H23N3O3/c1-13-7-5-6-10-18(13)16(23)21(17(24)20-18)12-15(22)19-11-14-8-3-2-4-9-14/h2-4,8-9,13H,5-7,10-12H2,1H3,(H,19,22)(H,20,24)/t13-,18+/m1/s1. The molecule has 3 rings (SSSR count). The Morgan fingerprint density at radius 1 is 1.29 bits per heavy atom. The zero-order chi connectivity index (χ0) is 17.2. The molecular formula is C18H23N3O3. The summed E-state index contributed by atoms with van der Waals surface area (Å²) in [5.41, 5.74) is 0.162. The molecule has 2 atom stereocenters. The first-order valence-corrected chi connectivity index (χ1v) is 8.47. The fourth-order valence-corrected chi connectivity index (χ4v) is 3.64. The number of hydrogen-bond donors (Lipinski definition) is 2. The van der Waals surface area contributed by atoms with E-state index in [0.29, 0.717) is 13.0 Å². The van der Waals surface area contributed by atoms with E-state index < -0.39 is 11.6 Å². The highest BCUT2D eigenvalue weighted by molar-refractivity contribution is 6.09. The van der Waals surface area contributed by atoms with Crippen molar-refractivity contribution in [2.45, 2.75) is 44.7 Å². The van der Waals surface area contributed by atoms with Crippen LogP contribution >= 0.6 is 0 Å². The molecule has 1 spiro atoms. The zero-order valence-electron chi connectivity index (χ0n) is 13.9. The van der Waals surface area contributed by atoms with Crippen LogP contribution in [-0.2, 0) is 16.1 Å². The van der Waals surface area contributed by atoms with Gasteiger partial charge in [0.15, 0.2) is 0 Å². The van der Waals surface area contributed by atoms with Crippen LogP contribution in [0.4, 0.5) is 4.79 Å². The zero-order valence-corrected chi connectivity index (χ0v) is 13.9. The Morgan fingerprint density at radius 3 is 2.75 bits per heavy atom. The predicted octanol–water partition coefficient (Wildman–Crippen LogP) is 1.80. The van der Waals surface area contributed by atoms with Crippen molar-refractivity contribution >= 4 is 17.8 Å². The molecule has 1 saturated heterocycles. The van der Waals surface area contributed by atoms with Crippen LogP contribution in [0.2, 0.25) is 0 Å². The first-order valence-electron chi connectivity index (χ1n) is 8.47. The molecule has 1 heterocycles. The minimum absolute atomic E-state index is 0.0973. The van der Waals surface area contributed by atoms with Crippen molar-refractivity contribution in [1.82, 2.24) is 15.5 Å². The Bertz CT molecular complexity index is 646. The van der Waals surface area contributed by atoms with E-state index in [0.717, 1.165) is 29.7 Å². The Balaban J connectivity index is 1.61. The lowest BCUT2D eigenvalue weighted by atomic mass is 9.73. The highest BCUT2D eigenvalue weighted by Gasteiger charge is 2.55. The molecule has 1 aliphatic carbocycles.